The smallest absolute Gasteiger partial charge is 0.344 e. The second-order valence-electron chi connectivity index (χ2n) is 6.58. The average molecular weight is 409 g/mol. The predicted octanol–water partition coefficient (Wildman–Crippen LogP) is 3.34. The van der Waals surface area contributed by atoms with Gasteiger partial charge in [-0.15, -0.1) is 0 Å². The molecule has 0 unspecified atom stereocenters. The molecule has 0 radical (unpaired) electrons. The highest BCUT2D eigenvalue weighted by Gasteiger charge is 2.34. The van der Waals surface area contributed by atoms with Crippen molar-refractivity contribution >= 4 is 23.9 Å². The van der Waals surface area contributed by atoms with Gasteiger partial charge in [0.2, 0.25) is 0 Å². The highest BCUT2D eigenvalue weighted by molar-refractivity contribution is 6.21. The van der Waals surface area contributed by atoms with E-state index in [4.69, 9.17) is 14.2 Å². The van der Waals surface area contributed by atoms with Crippen molar-refractivity contribution in [2.75, 3.05) is 26.9 Å². The first kappa shape index (κ1) is 21.1. The van der Waals surface area contributed by atoms with Crippen molar-refractivity contribution in [3.8, 4) is 11.5 Å². The number of allylic oxidation sites excluding steroid dienone is 1. The summed E-state index contributed by atoms with van der Waals surface area (Å²) in [6.07, 6.45) is 4.18. The van der Waals surface area contributed by atoms with E-state index in [0.29, 0.717) is 29.0 Å². The maximum Gasteiger partial charge on any atom is 0.344 e. The Hall–Kier alpha value is -3.61. The van der Waals surface area contributed by atoms with E-state index in [0.717, 1.165) is 5.56 Å². The lowest BCUT2D eigenvalue weighted by Gasteiger charge is -2.14. The van der Waals surface area contributed by atoms with Crippen molar-refractivity contribution in [3.63, 3.8) is 0 Å². The third kappa shape index (κ3) is 4.68. The van der Waals surface area contributed by atoms with Crippen LogP contribution in [-0.2, 0) is 9.53 Å². The van der Waals surface area contributed by atoms with E-state index in [1.807, 2.05) is 31.2 Å². The highest BCUT2D eigenvalue weighted by Crippen LogP contribution is 2.28. The maximum atomic E-state index is 12.3. The molecule has 156 valence electrons. The lowest BCUT2D eigenvalue weighted by Crippen LogP contribution is -2.31. The first-order valence-corrected chi connectivity index (χ1v) is 9.59. The molecule has 1 aliphatic heterocycles. The van der Waals surface area contributed by atoms with Gasteiger partial charge in [0.25, 0.3) is 11.8 Å². The van der Waals surface area contributed by atoms with Gasteiger partial charge in [0.05, 0.1) is 24.8 Å². The third-order valence-electron chi connectivity index (χ3n) is 4.56. The molecule has 0 bridgehead atoms. The molecule has 1 heterocycles. The van der Waals surface area contributed by atoms with E-state index in [-0.39, 0.29) is 31.6 Å². The highest BCUT2D eigenvalue weighted by atomic mass is 16.6. The Morgan fingerprint density at radius 3 is 2.37 bits per heavy atom. The number of amides is 2. The van der Waals surface area contributed by atoms with Crippen molar-refractivity contribution in [1.82, 2.24) is 4.90 Å². The number of benzene rings is 2. The fourth-order valence-electron chi connectivity index (χ4n) is 3.13. The number of imide groups is 1. The molecule has 0 saturated heterocycles. The van der Waals surface area contributed by atoms with E-state index < -0.39 is 5.97 Å². The number of hydrogen-bond acceptors (Lipinski definition) is 6. The Kier molecular flexibility index (Phi) is 6.85. The van der Waals surface area contributed by atoms with Crippen molar-refractivity contribution < 1.29 is 28.6 Å². The number of carbonyl (C=O) groups is 3. The standard InChI is InChI=1S/C23H23NO6/c1-3-7-16-10-11-19(20(14-16)28-2)30-15-21(25)29-13-6-12-24-22(26)17-8-4-5-9-18(17)23(24)27/h3-5,7-11,14H,6,12-13,15H2,1-2H3. The minimum absolute atomic E-state index is 0.0764. The van der Waals surface area contributed by atoms with Crippen LogP contribution in [0.5, 0.6) is 11.5 Å². The molecule has 7 heteroatoms. The zero-order valence-corrected chi connectivity index (χ0v) is 16.9. The van der Waals surface area contributed by atoms with Gasteiger partial charge in [0.1, 0.15) is 0 Å². The second-order valence-corrected chi connectivity index (χ2v) is 6.58. The number of hydrogen-bond donors (Lipinski definition) is 0. The summed E-state index contributed by atoms with van der Waals surface area (Å²) in [6.45, 7) is 1.90. The summed E-state index contributed by atoms with van der Waals surface area (Å²) in [5.74, 6) is -0.230. The van der Waals surface area contributed by atoms with Gasteiger partial charge in [-0.25, -0.2) is 4.79 Å². The molecular weight excluding hydrogens is 386 g/mol. The van der Waals surface area contributed by atoms with Crippen LogP contribution in [0.2, 0.25) is 0 Å². The van der Waals surface area contributed by atoms with Crippen molar-refractivity contribution in [2.45, 2.75) is 13.3 Å². The lowest BCUT2D eigenvalue weighted by molar-refractivity contribution is -0.146. The average Bonchev–Trinajstić information content (AvgIpc) is 3.00. The Labute approximate surface area is 174 Å². The lowest BCUT2D eigenvalue weighted by atomic mass is 10.1. The first-order chi connectivity index (χ1) is 14.5. The van der Waals surface area contributed by atoms with Crippen LogP contribution in [0.15, 0.2) is 48.5 Å². The van der Waals surface area contributed by atoms with Gasteiger partial charge < -0.3 is 14.2 Å². The van der Waals surface area contributed by atoms with Crippen LogP contribution in [0.1, 0.15) is 39.6 Å². The molecular formula is C23H23NO6. The van der Waals surface area contributed by atoms with Crippen LogP contribution in [-0.4, -0.2) is 49.6 Å². The Balaban J connectivity index is 1.43. The number of ether oxygens (including phenoxy) is 3. The summed E-state index contributed by atoms with van der Waals surface area (Å²) < 4.78 is 15.9. The predicted molar refractivity (Wildman–Crippen MR) is 111 cm³/mol. The molecule has 2 aromatic rings. The van der Waals surface area contributed by atoms with Gasteiger partial charge in [0.15, 0.2) is 18.1 Å². The van der Waals surface area contributed by atoms with Gasteiger partial charge >= 0.3 is 5.97 Å². The molecule has 0 N–H and O–H groups in total. The Morgan fingerprint density at radius 2 is 1.73 bits per heavy atom. The molecule has 0 aromatic heterocycles. The molecule has 7 nitrogen and oxygen atoms in total. The summed E-state index contributed by atoms with van der Waals surface area (Å²) in [5, 5.41) is 0. The molecule has 3 rings (SSSR count). The van der Waals surface area contributed by atoms with Crippen molar-refractivity contribution in [2.24, 2.45) is 0 Å². The van der Waals surface area contributed by atoms with Crippen LogP contribution in [0.3, 0.4) is 0 Å². The topological polar surface area (TPSA) is 82.1 Å². The number of fused-ring (bicyclic) bond motifs is 1. The second kappa shape index (κ2) is 9.73. The summed E-state index contributed by atoms with van der Waals surface area (Å²) in [6, 6.07) is 12.1. The summed E-state index contributed by atoms with van der Waals surface area (Å²) in [7, 11) is 1.53. The summed E-state index contributed by atoms with van der Waals surface area (Å²) in [4.78, 5) is 37.7. The van der Waals surface area contributed by atoms with Crippen LogP contribution < -0.4 is 9.47 Å². The third-order valence-corrected chi connectivity index (χ3v) is 4.56. The van der Waals surface area contributed by atoms with Crippen molar-refractivity contribution in [1.29, 1.82) is 0 Å². The van der Waals surface area contributed by atoms with Crippen LogP contribution in [0, 0.1) is 0 Å². The van der Waals surface area contributed by atoms with Gasteiger partial charge in [-0.1, -0.05) is 30.4 Å². The first-order valence-electron chi connectivity index (χ1n) is 9.59. The molecule has 1 aliphatic rings. The van der Waals surface area contributed by atoms with Gasteiger partial charge in [-0.05, 0) is 43.2 Å². The molecule has 2 amide bonds. The number of esters is 1. The minimum atomic E-state index is -0.544. The van der Waals surface area contributed by atoms with E-state index in [1.54, 1.807) is 30.3 Å². The number of methoxy groups -OCH3 is 1. The van der Waals surface area contributed by atoms with Crippen LogP contribution in [0.25, 0.3) is 6.08 Å². The monoisotopic (exact) mass is 409 g/mol. The molecule has 30 heavy (non-hydrogen) atoms. The van der Waals surface area contributed by atoms with E-state index in [9.17, 15) is 14.4 Å². The van der Waals surface area contributed by atoms with E-state index in [1.165, 1.54) is 12.0 Å². The molecule has 2 aromatic carbocycles. The van der Waals surface area contributed by atoms with Crippen LogP contribution in [0.4, 0.5) is 0 Å². The zero-order valence-electron chi connectivity index (χ0n) is 16.9. The normalized spacial score (nSPS) is 12.9. The summed E-state index contributed by atoms with van der Waals surface area (Å²) >= 11 is 0. The molecule has 0 fully saturated rings. The summed E-state index contributed by atoms with van der Waals surface area (Å²) in [5.41, 5.74) is 1.77. The van der Waals surface area contributed by atoms with Crippen molar-refractivity contribution in [3.05, 3.63) is 65.2 Å². The van der Waals surface area contributed by atoms with E-state index in [2.05, 4.69) is 0 Å². The molecule has 0 spiro atoms. The van der Waals surface area contributed by atoms with Gasteiger partial charge in [0, 0.05) is 6.54 Å². The number of rotatable bonds is 9. The molecule has 0 atom stereocenters. The van der Waals surface area contributed by atoms with Gasteiger partial charge in [-0.3, -0.25) is 14.5 Å². The van der Waals surface area contributed by atoms with Crippen LogP contribution >= 0.6 is 0 Å². The Bertz CT molecular complexity index is 946. The Morgan fingerprint density at radius 1 is 1.03 bits per heavy atom. The fraction of sp³-hybridized carbons (Fsp3) is 0.261. The molecule has 0 aliphatic carbocycles. The van der Waals surface area contributed by atoms with Gasteiger partial charge in [-0.2, -0.15) is 0 Å². The quantitative estimate of drug-likeness (QED) is 0.359. The number of nitrogens with zero attached hydrogens (tertiary/aromatic N) is 1. The zero-order chi connectivity index (χ0) is 21.5. The maximum absolute atomic E-state index is 12.3. The SMILES string of the molecule is CC=Cc1ccc(OCC(=O)OCCCN2C(=O)c3ccccc3C2=O)c(OC)c1. The number of carbonyl (C=O) groups excluding carboxylic acids is 3. The molecule has 0 saturated carbocycles. The minimum Gasteiger partial charge on any atom is -0.493 e. The fourth-order valence-corrected chi connectivity index (χ4v) is 3.13. The largest absolute Gasteiger partial charge is 0.493 e. The van der Waals surface area contributed by atoms with E-state index >= 15 is 0 Å².